The molecule has 0 radical (unpaired) electrons. The van der Waals surface area contributed by atoms with E-state index in [1.54, 1.807) is 7.11 Å². The Labute approximate surface area is 111 Å². The lowest BCUT2D eigenvalue weighted by Crippen LogP contribution is -2.44. The molecule has 1 rings (SSSR count). The van der Waals surface area contributed by atoms with E-state index in [1.165, 1.54) is 5.56 Å². The van der Waals surface area contributed by atoms with E-state index in [0.29, 0.717) is 6.04 Å². The van der Waals surface area contributed by atoms with E-state index in [4.69, 9.17) is 4.74 Å². The molecule has 1 N–H and O–H groups in total. The SMILES string of the molecule is CCNCC(COC)N(CC)Cc1ccccc1. The van der Waals surface area contributed by atoms with Crippen molar-refractivity contribution in [1.29, 1.82) is 0 Å². The standard InChI is InChI=1S/C15H26N2O/c1-4-16-11-15(13-18-3)17(5-2)12-14-9-7-6-8-10-14/h6-10,15-16H,4-5,11-13H2,1-3H3. The Kier molecular flexibility index (Phi) is 7.65. The second-order valence-corrected chi connectivity index (χ2v) is 4.47. The van der Waals surface area contributed by atoms with Gasteiger partial charge in [0.2, 0.25) is 0 Å². The van der Waals surface area contributed by atoms with Gasteiger partial charge in [-0.05, 0) is 18.7 Å². The van der Waals surface area contributed by atoms with Crippen LogP contribution in [0.3, 0.4) is 0 Å². The number of nitrogens with zero attached hydrogens (tertiary/aromatic N) is 1. The minimum atomic E-state index is 0.431. The Hall–Kier alpha value is -0.900. The maximum atomic E-state index is 5.34. The van der Waals surface area contributed by atoms with Crippen LogP contribution in [0.2, 0.25) is 0 Å². The fraction of sp³-hybridized carbons (Fsp3) is 0.600. The molecule has 0 bridgehead atoms. The highest BCUT2D eigenvalue weighted by Crippen LogP contribution is 2.08. The number of methoxy groups -OCH3 is 1. The van der Waals surface area contributed by atoms with Crippen molar-refractivity contribution >= 4 is 0 Å². The van der Waals surface area contributed by atoms with Gasteiger partial charge in [-0.25, -0.2) is 0 Å². The molecule has 1 aromatic carbocycles. The van der Waals surface area contributed by atoms with Crippen LogP contribution in [0, 0.1) is 0 Å². The number of likely N-dealkylation sites (N-methyl/N-ethyl adjacent to an activating group) is 2. The average molecular weight is 250 g/mol. The van der Waals surface area contributed by atoms with E-state index in [-0.39, 0.29) is 0 Å². The summed E-state index contributed by atoms with van der Waals surface area (Å²) in [4.78, 5) is 2.46. The van der Waals surface area contributed by atoms with Gasteiger partial charge in [-0.15, -0.1) is 0 Å². The second kappa shape index (κ2) is 9.09. The molecule has 0 spiro atoms. The first-order valence-electron chi connectivity index (χ1n) is 6.79. The minimum absolute atomic E-state index is 0.431. The Morgan fingerprint density at radius 1 is 1.22 bits per heavy atom. The first kappa shape index (κ1) is 15.2. The fourth-order valence-electron chi connectivity index (χ4n) is 2.11. The van der Waals surface area contributed by atoms with Crippen LogP contribution < -0.4 is 5.32 Å². The van der Waals surface area contributed by atoms with Crippen molar-refractivity contribution in [3.63, 3.8) is 0 Å². The molecule has 0 aliphatic heterocycles. The predicted molar refractivity (Wildman–Crippen MR) is 76.7 cm³/mol. The largest absolute Gasteiger partial charge is 0.383 e. The second-order valence-electron chi connectivity index (χ2n) is 4.47. The quantitative estimate of drug-likeness (QED) is 0.726. The lowest BCUT2D eigenvalue weighted by Gasteiger charge is -2.30. The van der Waals surface area contributed by atoms with Gasteiger partial charge in [-0.3, -0.25) is 4.90 Å². The third-order valence-corrected chi connectivity index (χ3v) is 3.14. The number of hydrogen-bond acceptors (Lipinski definition) is 3. The van der Waals surface area contributed by atoms with Crippen LogP contribution in [-0.2, 0) is 11.3 Å². The zero-order valence-electron chi connectivity index (χ0n) is 11.9. The molecule has 0 aliphatic rings. The number of rotatable bonds is 9. The van der Waals surface area contributed by atoms with E-state index in [9.17, 15) is 0 Å². The highest BCUT2D eigenvalue weighted by molar-refractivity contribution is 5.14. The summed E-state index contributed by atoms with van der Waals surface area (Å²) in [5, 5.41) is 3.41. The van der Waals surface area contributed by atoms with E-state index in [1.807, 2.05) is 0 Å². The number of nitrogens with one attached hydrogen (secondary N) is 1. The summed E-state index contributed by atoms with van der Waals surface area (Å²) in [7, 11) is 1.77. The zero-order valence-corrected chi connectivity index (χ0v) is 11.9. The maximum absolute atomic E-state index is 5.34. The van der Waals surface area contributed by atoms with Gasteiger partial charge in [-0.2, -0.15) is 0 Å². The van der Waals surface area contributed by atoms with Crippen molar-refractivity contribution in [1.82, 2.24) is 10.2 Å². The molecule has 0 aromatic heterocycles. The molecule has 0 aliphatic carbocycles. The van der Waals surface area contributed by atoms with Gasteiger partial charge in [0, 0.05) is 26.2 Å². The lowest BCUT2D eigenvalue weighted by atomic mass is 10.1. The molecule has 3 heteroatoms. The number of hydrogen-bond donors (Lipinski definition) is 1. The Morgan fingerprint density at radius 3 is 2.50 bits per heavy atom. The van der Waals surface area contributed by atoms with Crippen molar-refractivity contribution < 1.29 is 4.74 Å². The molecule has 1 atom stereocenters. The summed E-state index contributed by atoms with van der Waals surface area (Å²) in [6.07, 6.45) is 0. The number of ether oxygens (including phenoxy) is 1. The third kappa shape index (κ3) is 5.17. The van der Waals surface area contributed by atoms with Crippen molar-refractivity contribution in [2.24, 2.45) is 0 Å². The average Bonchev–Trinajstić information content (AvgIpc) is 2.42. The summed E-state index contributed by atoms with van der Waals surface area (Å²) >= 11 is 0. The predicted octanol–water partition coefficient (Wildman–Crippen LogP) is 2.13. The molecule has 0 fully saturated rings. The Bertz CT molecular complexity index is 303. The first-order valence-corrected chi connectivity index (χ1v) is 6.79. The normalized spacial score (nSPS) is 12.9. The van der Waals surface area contributed by atoms with Gasteiger partial charge < -0.3 is 10.1 Å². The molecule has 0 saturated heterocycles. The zero-order chi connectivity index (χ0) is 13.2. The topological polar surface area (TPSA) is 24.5 Å². The van der Waals surface area contributed by atoms with Crippen molar-refractivity contribution in [3.05, 3.63) is 35.9 Å². The van der Waals surface area contributed by atoms with Gasteiger partial charge in [0.05, 0.1) is 6.61 Å². The van der Waals surface area contributed by atoms with Crippen LogP contribution in [0.4, 0.5) is 0 Å². The minimum Gasteiger partial charge on any atom is -0.383 e. The molecule has 1 aromatic rings. The molecule has 3 nitrogen and oxygen atoms in total. The molecular formula is C15H26N2O. The van der Waals surface area contributed by atoms with Gasteiger partial charge in [0.15, 0.2) is 0 Å². The van der Waals surface area contributed by atoms with E-state index in [2.05, 4.69) is 54.4 Å². The summed E-state index contributed by atoms with van der Waals surface area (Å²) in [6, 6.07) is 11.0. The summed E-state index contributed by atoms with van der Waals surface area (Å²) in [5.41, 5.74) is 1.36. The van der Waals surface area contributed by atoms with Gasteiger partial charge in [0.1, 0.15) is 0 Å². The smallest absolute Gasteiger partial charge is 0.0630 e. The van der Waals surface area contributed by atoms with Gasteiger partial charge in [-0.1, -0.05) is 44.2 Å². The van der Waals surface area contributed by atoms with Gasteiger partial charge >= 0.3 is 0 Å². The molecular weight excluding hydrogens is 224 g/mol. The van der Waals surface area contributed by atoms with Crippen molar-refractivity contribution in [2.75, 3.05) is 33.4 Å². The fourth-order valence-corrected chi connectivity index (χ4v) is 2.11. The lowest BCUT2D eigenvalue weighted by molar-refractivity contribution is 0.0881. The monoisotopic (exact) mass is 250 g/mol. The highest BCUT2D eigenvalue weighted by atomic mass is 16.5. The van der Waals surface area contributed by atoms with E-state index < -0.39 is 0 Å². The number of benzene rings is 1. The Morgan fingerprint density at radius 2 is 1.94 bits per heavy atom. The molecule has 0 saturated carbocycles. The first-order chi connectivity index (χ1) is 8.81. The van der Waals surface area contributed by atoms with Crippen LogP contribution in [0.1, 0.15) is 19.4 Å². The van der Waals surface area contributed by atoms with Crippen LogP contribution in [0.15, 0.2) is 30.3 Å². The molecule has 0 heterocycles. The molecule has 102 valence electrons. The van der Waals surface area contributed by atoms with E-state index in [0.717, 1.165) is 32.8 Å². The van der Waals surface area contributed by atoms with Crippen LogP contribution in [-0.4, -0.2) is 44.3 Å². The van der Waals surface area contributed by atoms with Crippen LogP contribution in [0.5, 0.6) is 0 Å². The van der Waals surface area contributed by atoms with E-state index >= 15 is 0 Å². The molecule has 1 unspecified atom stereocenters. The van der Waals surface area contributed by atoms with Crippen LogP contribution in [0.25, 0.3) is 0 Å². The highest BCUT2D eigenvalue weighted by Gasteiger charge is 2.16. The third-order valence-electron chi connectivity index (χ3n) is 3.14. The summed E-state index contributed by atoms with van der Waals surface area (Å²) < 4.78 is 5.34. The summed E-state index contributed by atoms with van der Waals surface area (Å²) in [5.74, 6) is 0. The molecule has 0 amide bonds. The maximum Gasteiger partial charge on any atom is 0.0630 e. The van der Waals surface area contributed by atoms with Crippen molar-refractivity contribution in [3.8, 4) is 0 Å². The van der Waals surface area contributed by atoms with Crippen molar-refractivity contribution in [2.45, 2.75) is 26.4 Å². The van der Waals surface area contributed by atoms with Gasteiger partial charge in [0.25, 0.3) is 0 Å². The summed E-state index contributed by atoms with van der Waals surface area (Å²) in [6.45, 7) is 9.11. The molecule has 18 heavy (non-hydrogen) atoms. The Balaban J connectivity index is 2.60. The van der Waals surface area contributed by atoms with Crippen LogP contribution >= 0.6 is 0 Å².